The van der Waals surface area contributed by atoms with Crippen molar-refractivity contribution in [2.75, 3.05) is 0 Å². The molecule has 1 N–H and O–H groups in total. The van der Waals surface area contributed by atoms with Crippen LogP contribution in [0, 0.1) is 0 Å². The van der Waals surface area contributed by atoms with Gasteiger partial charge in [-0.3, -0.25) is 0 Å². The van der Waals surface area contributed by atoms with Gasteiger partial charge < -0.3 is 5.32 Å². The maximum absolute atomic E-state index is 3.76. The maximum Gasteiger partial charge on any atom is 0.00695 e. The number of unbranched alkanes of at least 4 members (excludes halogenated alkanes) is 11. The standard InChI is InChI=1S/C23H45N/c1-3-4-5-6-7-8-9-10-11-12-13-14-15-16-17-20-23-21-18-19-22(2)24-23/h10-11,22-24H,3-9,12-21H2,1-2H3/b11-10-. The van der Waals surface area contributed by atoms with Gasteiger partial charge in [0.1, 0.15) is 0 Å². The molecular weight excluding hydrogens is 290 g/mol. The van der Waals surface area contributed by atoms with Crippen molar-refractivity contribution in [2.45, 2.75) is 135 Å². The molecule has 2 unspecified atom stereocenters. The van der Waals surface area contributed by atoms with E-state index < -0.39 is 0 Å². The van der Waals surface area contributed by atoms with E-state index in [2.05, 4.69) is 31.3 Å². The third-order valence-electron chi connectivity index (χ3n) is 5.52. The summed E-state index contributed by atoms with van der Waals surface area (Å²) in [5, 5.41) is 3.76. The van der Waals surface area contributed by atoms with Gasteiger partial charge in [-0.15, -0.1) is 0 Å². The molecule has 1 nitrogen and oxygen atoms in total. The molecule has 0 amide bonds. The average molecular weight is 336 g/mol. The molecule has 0 saturated carbocycles. The molecule has 0 aromatic rings. The van der Waals surface area contributed by atoms with E-state index in [-0.39, 0.29) is 0 Å². The zero-order valence-corrected chi connectivity index (χ0v) is 16.8. The van der Waals surface area contributed by atoms with Crippen LogP contribution in [-0.2, 0) is 0 Å². The first-order valence-electron chi connectivity index (χ1n) is 11.2. The Hall–Kier alpha value is -0.300. The minimum atomic E-state index is 0.756. The number of allylic oxidation sites excluding steroid dienone is 2. The van der Waals surface area contributed by atoms with E-state index in [4.69, 9.17) is 0 Å². The molecule has 24 heavy (non-hydrogen) atoms. The highest BCUT2D eigenvalue weighted by Crippen LogP contribution is 2.17. The topological polar surface area (TPSA) is 12.0 Å². The van der Waals surface area contributed by atoms with Gasteiger partial charge in [-0.05, 0) is 51.9 Å². The van der Waals surface area contributed by atoms with Crippen molar-refractivity contribution in [3.05, 3.63) is 12.2 Å². The van der Waals surface area contributed by atoms with E-state index in [1.165, 1.54) is 109 Å². The molecule has 1 aliphatic rings. The molecule has 0 radical (unpaired) electrons. The third-order valence-corrected chi connectivity index (χ3v) is 5.52. The second kappa shape index (κ2) is 16.2. The van der Waals surface area contributed by atoms with Gasteiger partial charge in [0.05, 0.1) is 0 Å². The van der Waals surface area contributed by atoms with Gasteiger partial charge in [-0.25, -0.2) is 0 Å². The highest BCUT2D eigenvalue weighted by molar-refractivity contribution is 4.81. The average Bonchev–Trinajstić information content (AvgIpc) is 2.58. The predicted molar refractivity (Wildman–Crippen MR) is 110 cm³/mol. The molecule has 0 aliphatic carbocycles. The number of rotatable bonds is 15. The highest BCUT2D eigenvalue weighted by Gasteiger charge is 2.16. The van der Waals surface area contributed by atoms with Crippen molar-refractivity contribution in [2.24, 2.45) is 0 Å². The largest absolute Gasteiger partial charge is 0.312 e. The van der Waals surface area contributed by atoms with Crippen LogP contribution >= 0.6 is 0 Å². The van der Waals surface area contributed by atoms with Crippen molar-refractivity contribution < 1.29 is 0 Å². The predicted octanol–water partition coefficient (Wildman–Crippen LogP) is 7.55. The third kappa shape index (κ3) is 13.0. The van der Waals surface area contributed by atoms with Gasteiger partial charge in [0.15, 0.2) is 0 Å². The summed E-state index contributed by atoms with van der Waals surface area (Å²) in [7, 11) is 0. The van der Waals surface area contributed by atoms with E-state index in [0.717, 1.165) is 12.1 Å². The Kier molecular flexibility index (Phi) is 14.7. The van der Waals surface area contributed by atoms with Crippen LogP contribution in [0.4, 0.5) is 0 Å². The van der Waals surface area contributed by atoms with Gasteiger partial charge >= 0.3 is 0 Å². The SMILES string of the molecule is CCCCCCCC/C=C\CCCCCCCC1CCCC(C)N1. The van der Waals surface area contributed by atoms with Crippen molar-refractivity contribution in [1.29, 1.82) is 0 Å². The van der Waals surface area contributed by atoms with Crippen LogP contribution in [0.5, 0.6) is 0 Å². The summed E-state index contributed by atoms with van der Waals surface area (Å²) >= 11 is 0. The molecule has 1 fully saturated rings. The lowest BCUT2D eigenvalue weighted by Crippen LogP contribution is -2.40. The first-order chi connectivity index (χ1) is 11.8. The highest BCUT2D eigenvalue weighted by atomic mass is 15.0. The van der Waals surface area contributed by atoms with E-state index in [1.54, 1.807) is 0 Å². The molecule has 0 aromatic heterocycles. The van der Waals surface area contributed by atoms with E-state index in [1.807, 2.05) is 0 Å². The molecule has 0 aromatic carbocycles. The molecule has 0 spiro atoms. The second-order valence-electron chi connectivity index (χ2n) is 8.07. The first-order valence-corrected chi connectivity index (χ1v) is 11.2. The lowest BCUT2D eigenvalue weighted by atomic mass is 9.95. The Balaban J connectivity index is 1.76. The van der Waals surface area contributed by atoms with Crippen LogP contribution in [0.1, 0.15) is 123 Å². The zero-order chi connectivity index (χ0) is 17.3. The van der Waals surface area contributed by atoms with Gasteiger partial charge in [-0.2, -0.15) is 0 Å². The summed E-state index contributed by atoms with van der Waals surface area (Å²) in [6.07, 6.45) is 28.7. The van der Waals surface area contributed by atoms with Crippen LogP contribution in [0.15, 0.2) is 12.2 Å². The van der Waals surface area contributed by atoms with Crippen LogP contribution < -0.4 is 5.32 Å². The summed E-state index contributed by atoms with van der Waals surface area (Å²) in [6, 6.07) is 1.57. The van der Waals surface area contributed by atoms with E-state index >= 15 is 0 Å². The van der Waals surface area contributed by atoms with Crippen LogP contribution in [-0.4, -0.2) is 12.1 Å². The molecule has 1 rings (SSSR count). The molecule has 2 atom stereocenters. The number of hydrogen-bond donors (Lipinski definition) is 1. The minimum absolute atomic E-state index is 0.756. The van der Waals surface area contributed by atoms with Crippen LogP contribution in [0.25, 0.3) is 0 Å². The van der Waals surface area contributed by atoms with Crippen molar-refractivity contribution in [1.82, 2.24) is 5.32 Å². The molecule has 142 valence electrons. The molecule has 1 heterocycles. The summed E-state index contributed by atoms with van der Waals surface area (Å²) in [4.78, 5) is 0. The minimum Gasteiger partial charge on any atom is -0.312 e. The number of nitrogens with one attached hydrogen (secondary N) is 1. The van der Waals surface area contributed by atoms with Crippen molar-refractivity contribution in [3.8, 4) is 0 Å². The Morgan fingerprint density at radius 2 is 1.33 bits per heavy atom. The first kappa shape index (κ1) is 21.7. The van der Waals surface area contributed by atoms with Gasteiger partial charge in [0.2, 0.25) is 0 Å². The van der Waals surface area contributed by atoms with Gasteiger partial charge in [-0.1, -0.05) is 83.3 Å². The maximum atomic E-state index is 3.76. The van der Waals surface area contributed by atoms with Crippen molar-refractivity contribution in [3.63, 3.8) is 0 Å². The van der Waals surface area contributed by atoms with Gasteiger partial charge in [0, 0.05) is 12.1 Å². The Morgan fingerprint density at radius 1 is 0.750 bits per heavy atom. The summed E-state index contributed by atoms with van der Waals surface area (Å²) in [5.41, 5.74) is 0. The van der Waals surface area contributed by atoms with E-state index in [9.17, 15) is 0 Å². The Morgan fingerprint density at radius 3 is 1.96 bits per heavy atom. The Bertz CT molecular complexity index is 284. The molecule has 1 aliphatic heterocycles. The molecule has 1 saturated heterocycles. The van der Waals surface area contributed by atoms with E-state index in [0.29, 0.717) is 0 Å². The fourth-order valence-corrected chi connectivity index (χ4v) is 3.93. The van der Waals surface area contributed by atoms with Gasteiger partial charge in [0.25, 0.3) is 0 Å². The van der Waals surface area contributed by atoms with Crippen molar-refractivity contribution >= 4 is 0 Å². The number of hydrogen-bond acceptors (Lipinski definition) is 1. The Labute approximate surface area is 153 Å². The fourth-order valence-electron chi connectivity index (χ4n) is 3.93. The van der Waals surface area contributed by atoms with Crippen LogP contribution in [0.3, 0.4) is 0 Å². The monoisotopic (exact) mass is 335 g/mol. The molecule has 1 heteroatoms. The fraction of sp³-hybridized carbons (Fsp3) is 0.913. The normalized spacial score (nSPS) is 21.6. The molecule has 0 bridgehead atoms. The zero-order valence-electron chi connectivity index (χ0n) is 16.8. The quantitative estimate of drug-likeness (QED) is 0.240. The van der Waals surface area contributed by atoms with Crippen LogP contribution in [0.2, 0.25) is 0 Å². The number of piperidine rings is 1. The summed E-state index contributed by atoms with van der Waals surface area (Å²) in [6.45, 7) is 4.63. The lowest BCUT2D eigenvalue weighted by molar-refractivity contribution is 0.314. The summed E-state index contributed by atoms with van der Waals surface area (Å²) in [5.74, 6) is 0. The second-order valence-corrected chi connectivity index (χ2v) is 8.07. The summed E-state index contributed by atoms with van der Waals surface area (Å²) < 4.78 is 0. The molecular formula is C23H45N. The lowest BCUT2D eigenvalue weighted by Gasteiger charge is -2.28. The smallest absolute Gasteiger partial charge is 0.00695 e.